The molecular formula is C22H20ClFN4O2. The van der Waals surface area contributed by atoms with Crippen LogP contribution in [0.25, 0.3) is 11.1 Å². The molecule has 30 heavy (non-hydrogen) atoms. The number of rotatable bonds is 5. The van der Waals surface area contributed by atoms with Crippen molar-refractivity contribution in [1.29, 1.82) is 0 Å². The number of hydrogen-bond acceptors (Lipinski definition) is 3. The maximum Gasteiger partial charge on any atom is 0.251 e. The maximum absolute atomic E-state index is 13.3. The Morgan fingerprint density at radius 3 is 2.70 bits per heavy atom. The van der Waals surface area contributed by atoms with E-state index >= 15 is 0 Å². The molecule has 1 aromatic heterocycles. The molecule has 8 heteroatoms. The molecule has 0 fully saturated rings. The summed E-state index contributed by atoms with van der Waals surface area (Å²) in [6.07, 6.45) is 0.557. The molecule has 0 aliphatic carbocycles. The first-order valence-electron chi connectivity index (χ1n) is 9.61. The number of aryl methyl sites for hydroxylation is 2. The van der Waals surface area contributed by atoms with Crippen molar-refractivity contribution >= 4 is 34.9 Å². The summed E-state index contributed by atoms with van der Waals surface area (Å²) in [6, 6.07) is 10.5. The zero-order chi connectivity index (χ0) is 21.4. The van der Waals surface area contributed by atoms with Crippen molar-refractivity contribution in [3.63, 3.8) is 0 Å². The Hall–Kier alpha value is -3.19. The molecule has 2 amide bonds. The van der Waals surface area contributed by atoms with Crippen molar-refractivity contribution in [2.24, 2.45) is 0 Å². The van der Waals surface area contributed by atoms with Crippen LogP contribution in [-0.4, -0.2) is 21.6 Å². The third-order valence-electron chi connectivity index (χ3n) is 5.14. The van der Waals surface area contributed by atoms with Gasteiger partial charge in [0.1, 0.15) is 17.7 Å². The van der Waals surface area contributed by atoms with Gasteiger partial charge in [-0.2, -0.15) is 5.10 Å². The maximum atomic E-state index is 13.3. The van der Waals surface area contributed by atoms with E-state index in [4.69, 9.17) is 11.6 Å². The molecule has 0 saturated carbocycles. The number of anilines is 2. The van der Waals surface area contributed by atoms with E-state index in [1.807, 2.05) is 19.9 Å². The second-order valence-corrected chi connectivity index (χ2v) is 7.63. The van der Waals surface area contributed by atoms with Crippen LogP contribution in [0.5, 0.6) is 0 Å². The second-order valence-electron chi connectivity index (χ2n) is 7.19. The first-order chi connectivity index (χ1) is 14.4. The minimum absolute atomic E-state index is 0.0710. The minimum atomic E-state index is -0.765. The summed E-state index contributed by atoms with van der Waals surface area (Å²) in [5.74, 6) is -0.428. The van der Waals surface area contributed by atoms with Crippen LogP contribution in [0.1, 0.15) is 30.6 Å². The van der Waals surface area contributed by atoms with Crippen LogP contribution in [0.4, 0.5) is 15.9 Å². The molecule has 0 spiro atoms. The lowest BCUT2D eigenvalue weighted by molar-refractivity contribution is -0.123. The lowest BCUT2D eigenvalue weighted by atomic mass is 10.0. The third kappa shape index (κ3) is 3.68. The van der Waals surface area contributed by atoms with Crippen LogP contribution in [0.3, 0.4) is 0 Å². The highest BCUT2D eigenvalue weighted by Gasteiger charge is 2.36. The van der Waals surface area contributed by atoms with Gasteiger partial charge < -0.3 is 10.6 Å². The fourth-order valence-electron chi connectivity index (χ4n) is 3.59. The molecule has 1 atom stereocenters. The summed E-state index contributed by atoms with van der Waals surface area (Å²) in [6.45, 7) is 3.82. The molecule has 0 radical (unpaired) electrons. The normalized spacial score (nSPS) is 15.1. The first-order valence-corrected chi connectivity index (χ1v) is 9.99. The van der Waals surface area contributed by atoms with E-state index in [1.54, 1.807) is 28.9 Å². The summed E-state index contributed by atoms with van der Waals surface area (Å²) >= 11 is 6.01. The molecule has 2 heterocycles. The number of hydrogen-bond donors (Lipinski definition) is 2. The van der Waals surface area contributed by atoms with Crippen molar-refractivity contribution in [3.05, 3.63) is 64.6 Å². The summed E-state index contributed by atoms with van der Waals surface area (Å²) in [5, 5.41) is 10.7. The number of nitrogens with zero attached hydrogens (tertiary/aromatic N) is 2. The van der Waals surface area contributed by atoms with Crippen molar-refractivity contribution in [3.8, 4) is 11.1 Å². The standard InChI is InChI=1S/C22H20ClFN4O2/c1-3-16-20(13-5-8-15(24)9-6-13)21-26-22(30)18(28(21)27-16)11-19(29)25-17-10-14(23)7-4-12(17)2/h4-10,18H,3,11H2,1-2H3,(H,25,29)(H,26,30). The Bertz CT molecular complexity index is 1140. The van der Waals surface area contributed by atoms with E-state index in [0.29, 0.717) is 22.9 Å². The van der Waals surface area contributed by atoms with Gasteiger partial charge in [0.25, 0.3) is 5.91 Å². The fraction of sp³-hybridized carbons (Fsp3) is 0.227. The lowest BCUT2D eigenvalue weighted by Gasteiger charge is -2.12. The number of nitrogens with one attached hydrogen (secondary N) is 2. The minimum Gasteiger partial charge on any atom is -0.326 e. The molecular weight excluding hydrogens is 407 g/mol. The SMILES string of the molecule is CCc1nn2c(c1-c1ccc(F)cc1)NC(=O)C2CC(=O)Nc1cc(Cl)ccc1C. The number of amides is 2. The molecule has 2 aromatic carbocycles. The predicted molar refractivity (Wildman–Crippen MR) is 114 cm³/mol. The highest BCUT2D eigenvalue weighted by Crippen LogP contribution is 2.39. The summed E-state index contributed by atoms with van der Waals surface area (Å²) in [7, 11) is 0. The van der Waals surface area contributed by atoms with Crippen molar-refractivity contribution < 1.29 is 14.0 Å². The average Bonchev–Trinajstić information content (AvgIpc) is 3.21. The van der Waals surface area contributed by atoms with Crippen LogP contribution >= 0.6 is 11.6 Å². The van der Waals surface area contributed by atoms with E-state index in [0.717, 1.165) is 22.4 Å². The van der Waals surface area contributed by atoms with Crippen LogP contribution < -0.4 is 10.6 Å². The number of halogens is 2. The Morgan fingerprint density at radius 1 is 1.27 bits per heavy atom. The Balaban J connectivity index is 1.62. The lowest BCUT2D eigenvalue weighted by Crippen LogP contribution is -2.24. The molecule has 1 unspecified atom stereocenters. The zero-order valence-corrected chi connectivity index (χ0v) is 17.3. The Kier molecular flexibility index (Phi) is 5.30. The highest BCUT2D eigenvalue weighted by molar-refractivity contribution is 6.31. The molecule has 3 aromatic rings. The molecule has 154 valence electrons. The van der Waals surface area contributed by atoms with Gasteiger partial charge in [0.2, 0.25) is 5.91 Å². The smallest absolute Gasteiger partial charge is 0.251 e. The second kappa shape index (κ2) is 7.91. The van der Waals surface area contributed by atoms with Gasteiger partial charge in [-0.15, -0.1) is 0 Å². The van der Waals surface area contributed by atoms with E-state index in [1.165, 1.54) is 12.1 Å². The van der Waals surface area contributed by atoms with Crippen molar-refractivity contribution in [2.75, 3.05) is 10.6 Å². The van der Waals surface area contributed by atoms with Gasteiger partial charge >= 0.3 is 0 Å². The van der Waals surface area contributed by atoms with Gasteiger partial charge in [-0.3, -0.25) is 9.59 Å². The summed E-state index contributed by atoms with van der Waals surface area (Å²) < 4.78 is 14.9. The van der Waals surface area contributed by atoms with E-state index in [2.05, 4.69) is 15.7 Å². The quantitative estimate of drug-likeness (QED) is 0.619. The predicted octanol–water partition coefficient (Wildman–Crippen LogP) is 4.74. The van der Waals surface area contributed by atoms with Crippen LogP contribution in [0.15, 0.2) is 42.5 Å². The molecule has 0 saturated heterocycles. The van der Waals surface area contributed by atoms with Crippen LogP contribution in [0, 0.1) is 12.7 Å². The summed E-state index contributed by atoms with van der Waals surface area (Å²) in [5.41, 5.74) is 3.75. The Labute approximate surface area is 178 Å². The van der Waals surface area contributed by atoms with E-state index < -0.39 is 6.04 Å². The molecule has 1 aliphatic heterocycles. The van der Waals surface area contributed by atoms with Gasteiger partial charge in [-0.25, -0.2) is 9.07 Å². The van der Waals surface area contributed by atoms with Crippen LogP contribution in [-0.2, 0) is 16.0 Å². The zero-order valence-electron chi connectivity index (χ0n) is 16.5. The number of carbonyl (C=O) groups is 2. The molecule has 2 N–H and O–H groups in total. The monoisotopic (exact) mass is 426 g/mol. The molecule has 1 aliphatic rings. The van der Waals surface area contributed by atoms with Crippen LogP contribution in [0.2, 0.25) is 5.02 Å². The topological polar surface area (TPSA) is 76.0 Å². The van der Waals surface area contributed by atoms with Crippen molar-refractivity contribution in [2.45, 2.75) is 32.7 Å². The van der Waals surface area contributed by atoms with E-state index in [-0.39, 0.29) is 24.1 Å². The average molecular weight is 427 g/mol. The fourth-order valence-corrected chi connectivity index (χ4v) is 3.76. The number of carbonyl (C=O) groups excluding carboxylic acids is 2. The summed E-state index contributed by atoms with van der Waals surface area (Å²) in [4.78, 5) is 25.2. The van der Waals surface area contributed by atoms with Gasteiger partial charge in [0, 0.05) is 16.3 Å². The van der Waals surface area contributed by atoms with Gasteiger partial charge in [0.15, 0.2) is 0 Å². The molecule has 6 nitrogen and oxygen atoms in total. The van der Waals surface area contributed by atoms with Gasteiger partial charge in [-0.05, 0) is 48.7 Å². The molecule has 0 bridgehead atoms. The Morgan fingerprint density at radius 2 is 2.00 bits per heavy atom. The molecule has 4 rings (SSSR count). The third-order valence-corrected chi connectivity index (χ3v) is 5.38. The first kappa shape index (κ1) is 20.1. The van der Waals surface area contributed by atoms with E-state index in [9.17, 15) is 14.0 Å². The van der Waals surface area contributed by atoms with Gasteiger partial charge in [-0.1, -0.05) is 36.7 Å². The number of fused-ring (bicyclic) bond motifs is 1. The van der Waals surface area contributed by atoms with Crippen molar-refractivity contribution in [1.82, 2.24) is 9.78 Å². The highest BCUT2D eigenvalue weighted by atomic mass is 35.5. The number of aromatic nitrogens is 2. The largest absolute Gasteiger partial charge is 0.326 e. The number of benzene rings is 2. The van der Waals surface area contributed by atoms with Gasteiger partial charge in [0.05, 0.1) is 12.1 Å².